The smallest absolute Gasteiger partial charge is 0.133 e. The van der Waals surface area contributed by atoms with E-state index < -0.39 is 0 Å². The van der Waals surface area contributed by atoms with Crippen LogP contribution >= 0.6 is 11.9 Å². The summed E-state index contributed by atoms with van der Waals surface area (Å²) in [5, 5.41) is 3.46. The summed E-state index contributed by atoms with van der Waals surface area (Å²) in [5.74, 6) is 1.90. The molecule has 24 heavy (non-hydrogen) atoms. The first-order valence-corrected chi connectivity index (χ1v) is 8.94. The molecule has 2 heterocycles. The third-order valence-electron chi connectivity index (χ3n) is 4.11. The summed E-state index contributed by atoms with van der Waals surface area (Å²) in [6.45, 7) is 0. The summed E-state index contributed by atoms with van der Waals surface area (Å²) >= 11 is 1.70. The van der Waals surface area contributed by atoms with Crippen LogP contribution in [0.25, 0.3) is 0 Å². The molecule has 0 saturated heterocycles. The molecule has 1 unspecified atom stereocenters. The lowest BCUT2D eigenvalue weighted by Gasteiger charge is -2.12. The van der Waals surface area contributed by atoms with Crippen LogP contribution in [-0.2, 0) is 12.2 Å². The first-order chi connectivity index (χ1) is 11.9. The molecule has 120 valence electrons. The molecule has 0 fully saturated rings. The van der Waals surface area contributed by atoms with Gasteiger partial charge >= 0.3 is 0 Å². The van der Waals surface area contributed by atoms with Crippen LogP contribution in [0.5, 0.6) is 0 Å². The Morgan fingerprint density at radius 3 is 2.71 bits per heavy atom. The van der Waals surface area contributed by atoms with E-state index in [9.17, 15) is 0 Å². The zero-order valence-corrected chi connectivity index (χ0v) is 14.0. The highest BCUT2D eigenvalue weighted by atomic mass is 32.2. The van der Waals surface area contributed by atoms with Gasteiger partial charge in [0.2, 0.25) is 0 Å². The normalized spacial score (nSPS) is 15.6. The van der Waals surface area contributed by atoms with Gasteiger partial charge in [0.25, 0.3) is 0 Å². The Morgan fingerprint density at radius 1 is 1.08 bits per heavy atom. The third-order valence-corrected chi connectivity index (χ3v) is 4.97. The van der Waals surface area contributed by atoms with Crippen LogP contribution in [0.4, 0.5) is 11.5 Å². The highest BCUT2D eigenvalue weighted by Gasteiger charge is 2.22. The van der Waals surface area contributed by atoms with Crippen molar-refractivity contribution in [3.63, 3.8) is 0 Å². The number of fused-ring (bicyclic) bond motifs is 1. The van der Waals surface area contributed by atoms with Crippen LogP contribution in [0.3, 0.4) is 0 Å². The molecule has 4 rings (SSSR count). The van der Waals surface area contributed by atoms with Gasteiger partial charge in [-0.1, -0.05) is 42.5 Å². The van der Waals surface area contributed by atoms with E-state index in [2.05, 4.69) is 68.5 Å². The average Bonchev–Trinajstić information content (AvgIpc) is 3.07. The van der Waals surface area contributed by atoms with E-state index >= 15 is 0 Å². The number of benzene rings is 2. The summed E-state index contributed by atoms with van der Waals surface area (Å²) in [7, 11) is 0. The Labute approximate surface area is 145 Å². The molecule has 2 N–H and O–H groups in total. The van der Waals surface area contributed by atoms with Gasteiger partial charge in [0, 0.05) is 29.6 Å². The van der Waals surface area contributed by atoms with E-state index in [0.29, 0.717) is 0 Å². The molecule has 1 atom stereocenters. The van der Waals surface area contributed by atoms with E-state index in [0.717, 1.165) is 23.7 Å². The van der Waals surface area contributed by atoms with E-state index in [-0.39, 0.29) is 6.04 Å². The van der Waals surface area contributed by atoms with Crippen molar-refractivity contribution in [2.75, 3.05) is 10.0 Å². The largest absolute Gasteiger partial charge is 0.363 e. The van der Waals surface area contributed by atoms with Crippen molar-refractivity contribution in [3.8, 4) is 0 Å². The topological polar surface area (TPSA) is 49.8 Å². The molecule has 0 amide bonds. The average molecular weight is 334 g/mol. The zero-order valence-electron chi connectivity index (χ0n) is 13.1. The van der Waals surface area contributed by atoms with Crippen LogP contribution in [-0.4, -0.2) is 9.97 Å². The molecule has 1 aliphatic heterocycles. The standard InChI is InChI=1S/C19H18N4S/c1-2-4-14(5-3-1)12-24-23-17-8-6-15(7-9-17)18-10-16-11-20-13-21-19(16)22-18/h1-9,11,13,18,23H,10,12H2,(H,20,21,22). The Hall–Kier alpha value is -2.53. The zero-order chi connectivity index (χ0) is 16.2. The Kier molecular flexibility index (Phi) is 4.34. The van der Waals surface area contributed by atoms with Crippen molar-refractivity contribution in [2.24, 2.45) is 0 Å². The molecular formula is C19H18N4S. The molecule has 1 aromatic heterocycles. The van der Waals surface area contributed by atoms with Crippen molar-refractivity contribution in [3.05, 3.63) is 83.8 Å². The fraction of sp³-hybridized carbons (Fsp3) is 0.158. The van der Waals surface area contributed by atoms with Crippen molar-refractivity contribution < 1.29 is 0 Å². The molecule has 0 aliphatic carbocycles. The van der Waals surface area contributed by atoms with Crippen molar-refractivity contribution in [2.45, 2.75) is 18.2 Å². The predicted molar refractivity (Wildman–Crippen MR) is 99.9 cm³/mol. The van der Waals surface area contributed by atoms with Crippen molar-refractivity contribution in [1.82, 2.24) is 9.97 Å². The van der Waals surface area contributed by atoms with E-state index in [1.165, 1.54) is 16.7 Å². The van der Waals surface area contributed by atoms with Gasteiger partial charge in [-0.15, -0.1) is 0 Å². The van der Waals surface area contributed by atoms with Crippen LogP contribution < -0.4 is 10.0 Å². The predicted octanol–water partition coefficient (Wildman–Crippen LogP) is 4.45. The SMILES string of the molecule is c1ccc(CSNc2ccc(C3Cc4cncnc4N3)cc2)cc1. The van der Waals surface area contributed by atoms with Gasteiger partial charge in [-0.3, -0.25) is 0 Å². The van der Waals surface area contributed by atoms with Gasteiger partial charge in [0.15, 0.2) is 0 Å². The Bertz CT molecular complexity index is 780. The summed E-state index contributed by atoms with van der Waals surface area (Å²) in [6.07, 6.45) is 4.42. The fourth-order valence-electron chi connectivity index (χ4n) is 2.84. The van der Waals surface area contributed by atoms with E-state index in [1.54, 1.807) is 18.3 Å². The first-order valence-electron chi connectivity index (χ1n) is 7.95. The summed E-state index contributed by atoms with van der Waals surface area (Å²) < 4.78 is 3.40. The number of rotatable bonds is 5. The lowest BCUT2D eigenvalue weighted by molar-refractivity contribution is 0.822. The number of hydrogen-bond acceptors (Lipinski definition) is 5. The molecular weight excluding hydrogens is 316 g/mol. The summed E-state index contributed by atoms with van der Waals surface area (Å²) in [6, 6.07) is 19.3. The van der Waals surface area contributed by atoms with Crippen LogP contribution in [0.2, 0.25) is 0 Å². The van der Waals surface area contributed by atoms with Gasteiger partial charge in [0.1, 0.15) is 12.1 Å². The second-order valence-corrected chi connectivity index (χ2v) is 6.58. The molecule has 4 nitrogen and oxygen atoms in total. The molecule has 2 aromatic carbocycles. The quantitative estimate of drug-likeness (QED) is 0.675. The van der Waals surface area contributed by atoms with Gasteiger partial charge < -0.3 is 10.0 Å². The van der Waals surface area contributed by atoms with Gasteiger partial charge in [-0.05, 0) is 35.2 Å². The van der Waals surface area contributed by atoms with Gasteiger partial charge in [0.05, 0.1) is 6.04 Å². The fourth-order valence-corrected chi connectivity index (χ4v) is 3.57. The summed E-state index contributed by atoms with van der Waals surface area (Å²) in [4.78, 5) is 8.38. The maximum Gasteiger partial charge on any atom is 0.133 e. The second-order valence-electron chi connectivity index (χ2n) is 5.80. The van der Waals surface area contributed by atoms with Crippen LogP contribution in [0.1, 0.15) is 22.7 Å². The maximum absolute atomic E-state index is 4.28. The lowest BCUT2D eigenvalue weighted by Crippen LogP contribution is -2.05. The van der Waals surface area contributed by atoms with Crippen molar-refractivity contribution >= 4 is 23.5 Å². The lowest BCUT2D eigenvalue weighted by atomic mass is 10.0. The van der Waals surface area contributed by atoms with Crippen LogP contribution in [0.15, 0.2) is 67.1 Å². The third kappa shape index (κ3) is 3.36. The Morgan fingerprint density at radius 2 is 1.92 bits per heavy atom. The van der Waals surface area contributed by atoms with E-state index in [1.807, 2.05) is 12.3 Å². The van der Waals surface area contributed by atoms with Crippen molar-refractivity contribution in [1.29, 1.82) is 0 Å². The number of aromatic nitrogens is 2. The first kappa shape index (κ1) is 15.0. The highest BCUT2D eigenvalue weighted by molar-refractivity contribution is 7.99. The van der Waals surface area contributed by atoms with Gasteiger partial charge in [-0.2, -0.15) is 0 Å². The minimum atomic E-state index is 0.280. The minimum Gasteiger partial charge on any atom is -0.363 e. The van der Waals surface area contributed by atoms with Gasteiger partial charge in [-0.25, -0.2) is 9.97 Å². The molecule has 1 aliphatic rings. The minimum absolute atomic E-state index is 0.280. The summed E-state index contributed by atoms with van der Waals surface area (Å²) in [5.41, 5.74) is 4.89. The monoisotopic (exact) mass is 334 g/mol. The molecule has 5 heteroatoms. The number of nitrogens with one attached hydrogen (secondary N) is 2. The number of nitrogens with zero attached hydrogens (tertiary/aromatic N) is 2. The molecule has 0 bridgehead atoms. The second kappa shape index (κ2) is 6.93. The maximum atomic E-state index is 4.28. The molecule has 0 saturated carbocycles. The Balaban J connectivity index is 1.34. The molecule has 0 spiro atoms. The number of hydrogen-bond donors (Lipinski definition) is 2. The van der Waals surface area contributed by atoms with E-state index in [4.69, 9.17) is 0 Å². The molecule has 3 aromatic rings. The highest BCUT2D eigenvalue weighted by Crippen LogP contribution is 2.32. The number of anilines is 2. The molecule has 0 radical (unpaired) electrons. The van der Waals surface area contributed by atoms with Crippen LogP contribution in [0, 0.1) is 0 Å².